The van der Waals surface area contributed by atoms with Crippen LogP contribution in [0.1, 0.15) is 33.4 Å². The van der Waals surface area contributed by atoms with Crippen molar-refractivity contribution < 1.29 is 109 Å². The van der Waals surface area contributed by atoms with Gasteiger partial charge in [0, 0.05) is 78.2 Å². The van der Waals surface area contributed by atoms with E-state index in [1.807, 2.05) is 18.2 Å². The van der Waals surface area contributed by atoms with Gasteiger partial charge >= 0.3 is 0 Å². The van der Waals surface area contributed by atoms with Gasteiger partial charge in [-0.2, -0.15) is 0 Å². The Morgan fingerprint density at radius 1 is 0.246 bits per heavy atom. The average Bonchev–Trinajstić information content (AvgIpc) is 1.67. The Morgan fingerprint density at radius 2 is 0.469 bits per heavy atom. The van der Waals surface area contributed by atoms with Crippen molar-refractivity contribution in [2.24, 2.45) is 0 Å². The van der Waals surface area contributed by atoms with Crippen LogP contribution in [0.3, 0.4) is 0 Å². The number of rotatable bonds is 25. The van der Waals surface area contributed by atoms with Crippen LogP contribution in [0.4, 0.5) is 0 Å². The Balaban J connectivity index is 0.000000142. The molecule has 0 saturated carbocycles. The number of hydrogen-bond donors (Lipinski definition) is 0. The molecule has 11 heterocycles. The van der Waals surface area contributed by atoms with Crippen LogP contribution in [0.2, 0.25) is 0 Å². The first-order valence-electron chi connectivity index (χ1n) is 44.8. The summed E-state index contributed by atoms with van der Waals surface area (Å²) in [6.45, 7) is 18.3. The van der Waals surface area contributed by atoms with Crippen LogP contribution in [-0.4, -0.2) is 296 Å². The van der Waals surface area contributed by atoms with Gasteiger partial charge in [0.1, 0.15) is 67.1 Å². The predicted octanol–water partition coefficient (Wildman–Crippen LogP) is 16.1. The average molecular weight is 1790 g/mol. The molecule has 24 rings (SSSR count). The fourth-order valence-corrected chi connectivity index (χ4v) is 14.3. The minimum atomic E-state index is -0.437. The van der Waals surface area contributed by atoms with Crippen LogP contribution in [0.5, 0.6) is 0 Å². The lowest BCUT2D eigenvalue weighted by Gasteiger charge is -2.39. The van der Waals surface area contributed by atoms with Gasteiger partial charge in [-0.3, -0.25) is 4.79 Å². The molecule has 130 heavy (non-hydrogen) atoms. The molecule has 0 radical (unpaired) electrons. The number of ether oxygens (including phenoxy) is 22. The maximum atomic E-state index is 13.0. The Bertz CT molecular complexity index is 4600. The maximum Gasteiger partial charge on any atom is 0.166 e. The number of fused-ring (bicyclic) bond motifs is 6. The third-order valence-electron chi connectivity index (χ3n) is 21.7. The highest BCUT2D eigenvalue weighted by Gasteiger charge is 2.45. The number of carbonyl (C=O) groups excluding carboxylic acids is 1. The molecule has 2 aliphatic carbocycles. The number of allylic oxidation sites excluding steroid dienone is 1. The fourth-order valence-electron chi connectivity index (χ4n) is 14.3. The first-order chi connectivity index (χ1) is 63.9. The SMILES string of the molecule is COCC1CO1.COCC1CO1.COCC1CO1.COCC1CO1.COCC1CO1.COCC1CO1.COCC1CO1.COCC1CO1.COCC1CO1.COCC1CO1.COCC1CO1.O=C1C=Cc2ccccc2C12Cc1cccc3cccc(c13)C2.c1ccc2c(-c3cccc4ccccc34)cccc2c1.c1ccc2c(Cc3cccc4ccccc34)cccc2c1. The highest BCUT2D eigenvalue weighted by molar-refractivity contribution is 6.08. The molecule has 11 aromatic rings. The smallest absolute Gasteiger partial charge is 0.166 e. The van der Waals surface area contributed by atoms with Gasteiger partial charge in [-0.05, 0) is 124 Å². The molecule has 11 aliphatic heterocycles. The van der Waals surface area contributed by atoms with E-state index in [1.54, 1.807) is 84.3 Å². The normalized spacial score (nSPS) is 22.1. The lowest BCUT2D eigenvalue weighted by molar-refractivity contribution is -0.120. The number of hydrogen-bond acceptors (Lipinski definition) is 23. The summed E-state index contributed by atoms with van der Waals surface area (Å²) in [6.07, 6.45) is 11.0. The van der Waals surface area contributed by atoms with Gasteiger partial charge in [-0.15, -0.1) is 0 Å². The highest BCUT2D eigenvalue weighted by atomic mass is 16.6. The van der Waals surface area contributed by atoms with Gasteiger partial charge in [0.05, 0.1) is 151 Å². The second-order valence-corrected chi connectivity index (χ2v) is 32.7. The first-order valence-corrected chi connectivity index (χ1v) is 44.8. The third-order valence-corrected chi connectivity index (χ3v) is 21.7. The zero-order valence-electron chi connectivity index (χ0n) is 77.5. The van der Waals surface area contributed by atoms with E-state index >= 15 is 0 Å². The van der Waals surface area contributed by atoms with Crippen molar-refractivity contribution in [1.29, 1.82) is 0 Å². The molecule has 11 saturated heterocycles. The van der Waals surface area contributed by atoms with E-state index < -0.39 is 5.41 Å². The second kappa shape index (κ2) is 56.3. The second-order valence-electron chi connectivity index (χ2n) is 32.7. The minimum Gasteiger partial charge on any atom is -0.382 e. The van der Waals surface area contributed by atoms with Crippen molar-refractivity contribution in [3.63, 3.8) is 0 Å². The van der Waals surface area contributed by atoms with Gasteiger partial charge in [-0.25, -0.2) is 0 Å². The minimum absolute atomic E-state index is 0.239. The van der Waals surface area contributed by atoms with E-state index in [9.17, 15) is 4.79 Å². The molecule has 11 fully saturated rings. The third kappa shape index (κ3) is 37.4. The number of carbonyl (C=O) groups is 1. The lowest BCUT2D eigenvalue weighted by Crippen LogP contribution is -2.43. The van der Waals surface area contributed by atoms with Crippen LogP contribution >= 0.6 is 0 Å². The largest absolute Gasteiger partial charge is 0.382 e. The van der Waals surface area contributed by atoms with Gasteiger partial charge in [0.15, 0.2) is 5.78 Å². The predicted molar refractivity (Wildman–Crippen MR) is 509 cm³/mol. The van der Waals surface area contributed by atoms with E-state index in [0.717, 1.165) is 165 Å². The summed E-state index contributed by atoms with van der Waals surface area (Å²) >= 11 is 0. The van der Waals surface area contributed by atoms with Crippen LogP contribution in [0, 0.1) is 0 Å². The molecule has 1 spiro atoms. The van der Waals surface area contributed by atoms with Crippen LogP contribution in [0.25, 0.3) is 71.1 Å². The van der Waals surface area contributed by atoms with Crippen LogP contribution in [-0.2, 0) is 134 Å². The summed E-state index contributed by atoms with van der Waals surface area (Å²) in [6, 6.07) is 81.8. The van der Waals surface area contributed by atoms with Crippen LogP contribution in [0.15, 0.2) is 237 Å². The van der Waals surface area contributed by atoms with Crippen molar-refractivity contribution in [3.8, 4) is 11.1 Å². The molecule has 700 valence electrons. The van der Waals surface area contributed by atoms with E-state index in [2.05, 4.69) is 218 Å². The monoisotopic (exact) mass is 1790 g/mol. The molecule has 0 N–H and O–H groups in total. The first kappa shape index (κ1) is 102. The number of benzene rings is 11. The van der Waals surface area contributed by atoms with Gasteiger partial charge < -0.3 is 104 Å². The van der Waals surface area contributed by atoms with Gasteiger partial charge in [0.2, 0.25) is 0 Å². The molecular weight excluding hydrogens is 1650 g/mol. The Kier molecular flexibility index (Phi) is 44.1. The summed E-state index contributed by atoms with van der Waals surface area (Å²) < 4.78 is 105. The van der Waals surface area contributed by atoms with Crippen LogP contribution < -0.4 is 0 Å². The molecule has 11 aromatic carbocycles. The standard InChI is InChI=1S/C22H16O.C21H16.C20H14.11C4H8O2/c23-20-12-11-15-5-1-2-10-19(15)22(20)13-17-8-3-6-16-7-4-9-18(14-22)21(16)17;1-3-13-20-16(7-1)9-5-11-18(20)15-19-12-6-10-17-8-2-4-14-21(17)19;1-3-11-17-15(7-1)9-5-13-19(17)20-14-6-10-16-8-2-4-12-18(16)20;11*1-5-2-4-3-6-4/h1-12H,13-14H2;1-14H,15H2;1-14H;11*4H,2-3H2,1H3. The van der Waals surface area contributed by atoms with Crippen molar-refractivity contribution in [1.82, 2.24) is 0 Å². The highest BCUT2D eigenvalue weighted by Crippen LogP contribution is 2.45. The van der Waals surface area contributed by atoms with Gasteiger partial charge in [-0.1, -0.05) is 237 Å². The molecule has 11 atom stereocenters. The Labute approximate surface area is 767 Å². The van der Waals surface area contributed by atoms with Crippen molar-refractivity contribution in [2.45, 2.75) is 91.8 Å². The zero-order valence-corrected chi connectivity index (χ0v) is 77.5. The summed E-state index contributed by atoms with van der Waals surface area (Å²) in [7, 11) is 18.5. The number of epoxide rings is 11. The van der Waals surface area contributed by atoms with E-state index in [0.29, 0.717) is 67.1 Å². The molecule has 0 amide bonds. The molecule has 0 aromatic heterocycles. The summed E-state index contributed by atoms with van der Waals surface area (Å²) in [5, 5.41) is 13.2. The summed E-state index contributed by atoms with van der Waals surface area (Å²) in [5.74, 6) is 0.239. The molecule has 23 nitrogen and oxygen atoms in total. The molecule has 23 heteroatoms. The van der Waals surface area contributed by atoms with Crippen molar-refractivity contribution in [2.75, 3.05) is 224 Å². The summed E-state index contributed by atoms with van der Waals surface area (Å²) in [5.41, 5.74) is 9.91. The topological polar surface area (TPSA) is 256 Å². The molecular formula is C107H134O23. The zero-order chi connectivity index (χ0) is 91.3. The fraction of sp³-hybridized carbons (Fsp3) is 0.449. The van der Waals surface area contributed by atoms with E-state index in [-0.39, 0.29) is 5.78 Å². The molecule has 0 bridgehead atoms. The van der Waals surface area contributed by atoms with Crippen molar-refractivity contribution in [3.05, 3.63) is 270 Å². The lowest BCUT2D eigenvalue weighted by atomic mass is 9.62. The van der Waals surface area contributed by atoms with Gasteiger partial charge in [0.25, 0.3) is 0 Å². The van der Waals surface area contributed by atoms with E-state index in [4.69, 9.17) is 104 Å². The number of methoxy groups -OCH3 is 11. The molecule has 11 unspecified atom stereocenters. The maximum absolute atomic E-state index is 13.0. The van der Waals surface area contributed by atoms with E-state index in [1.165, 1.54) is 98.4 Å². The Morgan fingerprint density at radius 3 is 0.738 bits per heavy atom. The number of ketones is 1. The summed E-state index contributed by atoms with van der Waals surface area (Å²) in [4.78, 5) is 13.0. The quantitative estimate of drug-likeness (QED) is 0.0482. The molecule has 13 aliphatic rings. The van der Waals surface area contributed by atoms with Crippen molar-refractivity contribution >= 4 is 65.7 Å². The Hall–Kier alpha value is -8.75.